The van der Waals surface area contributed by atoms with Crippen LogP contribution in [0.15, 0.2) is 24.3 Å². The van der Waals surface area contributed by atoms with Gasteiger partial charge in [0.2, 0.25) is 0 Å². The number of halogens is 1. The van der Waals surface area contributed by atoms with Crippen molar-refractivity contribution >= 4 is 15.9 Å². The Morgan fingerprint density at radius 1 is 1.36 bits per heavy atom. The molecular weight excluding hydrogens is 236 g/mol. The molecule has 1 heteroatoms. The maximum Gasteiger partial charge on any atom is 0.0235 e. The van der Waals surface area contributed by atoms with E-state index in [0.29, 0.717) is 0 Å². The molecule has 0 aromatic carbocycles. The fourth-order valence-corrected chi connectivity index (χ4v) is 2.63. The SMILES string of the molecule is C=CC(=CC)C(C)(C)CC(C)(Br)CC. The number of allylic oxidation sites excluding steroid dienone is 3. The molecule has 0 saturated heterocycles. The molecule has 0 spiro atoms. The first-order chi connectivity index (χ1) is 6.29. The Morgan fingerprint density at radius 2 is 1.86 bits per heavy atom. The predicted molar refractivity (Wildman–Crippen MR) is 70.0 cm³/mol. The van der Waals surface area contributed by atoms with Crippen molar-refractivity contribution in [2.45, 2.75) is 51.8 Å². The van der Waals surface area contributed by atoms with Gasteiger partial charge in [-0.2, -0.15) is 0 Å². The van der Waals surface area contributed by atoms with Gasteiger partial charge in [-0.25, -0.2) is 0 Å². The van der Waals surface area contributed by atoms with Crippen LogP contribution in [0.5, 0.6) is 0 Å². The highest BCUT2D eigenvalue weighted by atomic mass is 79.9. The highest BCUT2D eigenvalue weighted by molar-refractivity contribution is 9.10. The van der Waals surface area contributed by atoms with E-state index < -0.39 is 0 Å². The Balaban J connectivity index is 4.72. The van der Waals surface area contributed by atoms with Crippen LogP contribution >= 0.6 is 15.9 Å². The largest absolute Gasteiger partial charge is 0.0988 e. The highest BCUT2D eigenvalue weighted by Crippen LogP contribution is 2.40. The van der Waals surface area contributed by atoms with Gasteiger partial charge in [0, 0.05) is 4.32 Å². The topological polar surface area (TPSA) is 0 Å². The summed E-state index contributed by atoms with van der Waals surface area (Å²) < 4.78 is 0.230. The van der Waals surface area contributed by atoms with Gasteiger partial charge >= 0.3 is 0 Å². The summed E-state index contributed by atoms with van der Waals surface area (Å²) in [6.45, 7) is 15.0. The molecule has 1 atom stereocenters. The first kappa shape index (κ1) is 14.0. The summed E-state index contributed by atoms with van der Waals surface area (Å²) in [7, 11) is 0. The minimum atomic E-state index is 0.199. The summed E-state index contributed by atoms with van der Waals surface area (Å²) in [5, 5.41) is 0. The molecule has 0 N–H and O–H groups in total. The highest BCUT2D eigenvalue weighted by Gasteiger charge is 2.30. The van der Waals surface area contributed by atoms with E-state index in [9.17, 15) is 0 Å². The molecule has 0 aliphatic carbocycles. The van der Waals surface area contributed by atoms with Crippen LogP contribution in [0.2, 0.25) is 0 Å². The van der Waals surface area contributed by atoms with Crippen molar-refractivity contribution in [3.63, 3.8) is 0 Å². The second-order valence-electron chi connectivity index (χ2n) is 4.78. The first-order valence-electron chi connectivity index (χ1n) is 5.27. The Hall–Kier alpha value is -0.0400. The third kappa shape index (κ3) is 4.00. The summed E-state index contributed by atoms with van der Waals surface area (Å²) in [5.74, 6) is 0. The van der Waals surface area contributed by atoms with Crippen molar-refractivity contribution in [2.75, 3.05) is 0 Å². The van der Waals surface area contributed by atoms with E-state index in [1.54, 1.807) is 0 Å². The lowest BCUT2D eigenvalue weighted by atomic mass is 9.76. The monoisotopic (exact) mass is 258 g/mol. The third-order valence-electron chi connectivity index (χ3n) is 2.86. The summed E-state index contributed by atoms with van der Waals surface area (Å²) in [5.41, 5.74) is 1.53. The zero-order valence-electron chi connectivity index (χ0n) is 10.2. The molecule has 0 radical (unpaired) electrons. The molecule has 0 saturated carbocycles. The fourth-order valence-electron chi connectivity index (χ4n) is 1.93. The van der Waals surface area contributed by atoms with Crippen LogP contribution in [0.4, 0.5) is 0 Å². The van der Waals surface area contributed by atoms with Crippen LogP contribution in [-0.2, 0) is 0 Å². The van der Waals surface area contributed by atoms with Gasteiger partial charge in [-0.05, 0) is 37.7 Å². The van der Waals surface area contributed by atoms with Crippen LogP contribution in [0.25, 0.3) is 0 Å². The van der Waals surface area contributed by atoms with E-state index in [1.165, 1.54) is 5.57 Å². The predicted octanol–water partition coefficient (Wildman–Crippen LogP) is 5.10. The number of rotatable bonds is 5. The van der Waals surface area contributed by atoms with Gasteiger partial charge in [0.25, 0.3) is 0 Å². The molecule has 0 aliphatic rings. The van der Waals surface area contributed by atoms with Crippen molar-refractivity contribution in [1.29, 1.82) is 0 Å². The molecule has 0 rings (SSSR count). The average Bonchev–Trinajstić information content (AvgIpc) is 2.04. The lowest BCUT2D eigenvalue weighted by Gasteiger charge is -2.34. The van der Waals surface area contributed by atoms with Crippen LogP contribution in [0.1, 0.15) is 47.5 Å². The smallest absolute Gasteiger partial charge is 0.0235 e. The molecular formula is C13H23Br. The van der Waals surface area contributed by atoms with Crippen molar-refractivity contribution in [2.24, 2.45) is 5.41 Å². The van der Waals surface area contributed by atoms with E-state index in [0.717, 1.165) is 12.8 Å². The molecule has 0 aromatic rings. The average molecular weight is 259 g/mol. The molecule has 0 aromatic heterocycles. The summed E-state index contributed by atoms with van der Waals surface area (Å²) >= 11 is 3.78. The Bertz CT molecular complexity index is 221. The van der Waals surface area contributed by atoms with Crippen molar-refractivity contribution in [3.05, 3.63) is 24.3 Å². The van der Waals surface area contributed by atoms with Crippen LogP contribution < -0.4 is 0 Å². The number of alkyl halides is 1. The summed E-state index contributed by atoms with van der Waals surface area (Å²) in [6.07, 6.45) is 6.40. The zero-order chi connectivity index (χ0) is 11.4. The Morgan fingerprint density at radius 3 is 2.14 bits per heavy atom. The molecule has 14 heavy (non-hydrogen) atoms. The summed E-state index contributed by atoms with van der Waals surface area (Å²) in [6, 6.07) is 0. The molecule has 1 unspecified atom stereocenters. The molecule has 0 aliphatic heterocycles. The van der Waals surface area contributed by atoms with Gasteiger partial charge in [0.05, 0.1) is 0 Å². The second kappa shape index (κ2) is 5.16. The Kier molecular flexibility index (Phi) is 5.14. The van der Waals surface area contributed by atoms with Crippen LogP contribution in [-0.4, -0.2) is 4.32 Å². The van der Waals surface area contributed by atoms with E-state index in [2.05, 4.69) is 63.2 Å². The standard InChI is InChI=1S/C13H23Br/c1-7-11(8-2)12(4,5)10-13(6,14)9-3/h7-8H,1,9-10H2,2-6H3. The molecule has 0 heterocycles. The van der Waals surface area contributed by atoms with Crippen LogP contribution in [0, 0.1) is 5.41 Å². The first-order valence-corrected chi connectivity index (χ1v) is 6.06. The van der Waals surface area contributed by atoms with Gasteiger partial charge in [0.1, 0.15) is 0 Å². The Labute approximate surface area is 97.6 Å². The molecule has 0 bridgehead atoms. The molecule has 0 nitrogen and oxygen atoms in total. The minimum Gasteiger partial charge on any atom is -0.0988 e. The maximum atomic E-state index is 3.87. The van der Waals surface area contributed by atoms with E-state index >= 15 is 0 Å². The summed E-state index contributed by atoms with van der Waals surface area (Å²) in [4.78, 5) is 0. The van der Waals surface area contributed by atoms with Crippen LogP contribution in [0.3, 0.4) is 0 Å². The van der Waals surface area contributed by atoms with Gasteiger partial charge in [-0.15, -0.1) is 0 Å². The quantitative estimate of drug-likeness (QED) is 0.476. The van der Waals surface area contributed by atoms with Crippen molar-refractivity contribution < 1.29 is 0 Å². The van der Waals surface area contributed by atoms with Gasteiger partial charge in [0.15, 0.2) is 0 Å². The molecule has 0 amide bonds. The van der Waals surface area contributed by atoms with E-state index in [1.807, 2.05) is 6.08 Å². The van der Waals surface area contributed by atoms with E-state index in [-0.39, 0.29) is 9.74 Å². The molecule has 0 fully saturated rings. The van der Waals surface area contributed by atoms with Gasteiger partial charge < -0.3 is 0 Å². The van der Waals surface area contributed by atoms with Gasteiger partial charge in [-0.1, -0.05) is 55.4 Å². The maximum absolute atomic E-state index is 3.87. The second-order valence-corrected chi connectivity index (χ2v) is 6.69. The molecule has 82 valence electrons. The number of hydrogen-bond donors (Lipinski definition) is 0. The van der Waals surface area contributed by atoms with Crippen molar-refractivity contribution in [1.82, 2.24) is 0 Å². The number of hydrogen-bond acceptors (Lipinski definition) is 0. The van der Waals surface area contributed by atoms with Gasteiger partial charge in [-0.3, -0.25) is 0 Å². The third-order valence-corrected chi connectivity index (χ3v) is 3.70. The fraction of sp³-hybridized carbons (Fsp3) is 0.692. The normalized spacial score (nSPS) is 17.7. The van der Waals surface area contributed by atoms with Crippen molar-refractivity contribution in [3.8, 4) is 0 Å². The zero-order valence-corrected chi connectivity index (χ0v) is 11.7. The lowest BCUT2D eigenvalue weighted by molar-refractivity contribution is 0.359. The lowest BCUT2D eigenvalue weighted by Crippen LogP contribution is -2.26. The van der Waals surface area contributed by atoms with E-state index in [4.69, 9.17) is 0 Å². The minimum absolute atomic E-state index is 0.199.